The van der Waals surface area contributed by atoms with Crippen LogP contribution in [0.2, 0.25) is 0 Å². The zero-order chi connectivity index (χ0) is 16.9. The van der Waals surface area contributed by atoms with Crippen LogP contribution in [0.25, 0.3) is 0 Å². The minimum atomic E-state index is -2.54. The van der Waals surface area contributed by atoms with Crippen LogP contribution in [0.3, 0.4) is 0 Å². The molecule has 0 saturated carbocycles. The zero-order valence-electron chi connectivity index (χ0n) is 12.6. The van der Waals surface area contributed by atoms with Gasteiger partial charge in [0.25, 0.3) is 0 Å². The molecule has 1 atom stereocenters. The molecule has 0 amide bonds. The normalized spacial score (nSPS) is 12.0. The monoisotopic (exact) mass is 326 g/mol. The topological polar surface area (TPSA) is 94.6 Å². The molecule has 1 aromatic rings. The molecule has 0 saturated heterocycles. The van der Waals surface area contributed by atoms with Crippen molar-refractivity contribution < 1.29 is 27.5 Å². The van der Waals surface area contributed by atoms with Gasteiger partial charge in [0, 0.05) is 12.0 Å². The summed E-state index contributed by atoms with van der Waals surface area (Å²) in [6.45, 7) is 2.91. The average molecular weight is 326 g/mol. The molecule has 1 aromatic carbocycles. The van der Waals surface area contributed by atoms with Crippen molar-refractivity contribution in [2.24, 2.45) is 5.92 Å². The third-order valence-corrected chi connectivity index (χ3v) is 3.89. The number of esters is 1. The third kappa shape index (κ3) is 4.77. The van der Waals surface area contributed by atoms with E-state index in [1.807, 2.05) is 0 Å². The Bertz CT molecular complexity index is 667. The van der Waals surface area contributed by atoms with Crippen molar-refractivity contribution in [3.63, 3.8) is 0 Å². The molecular weight excluding hydrogens is 308 g/mol. The van der Waals surface area contributed by atoms with Gasteiger partial charge in [0.05, 0.1) is 12.9 Å². The van der Waals surface area contributed by atoms with E-state index >= 15 is 0 Å². The molecule has 22 heavy (non-hydrogen) atoms. The van der Waals surface area contributed by atoms with E-state index in [0.717, 1.165) is 7.11 Å². The lowest BCUT2D eigenvalue weighted by atomic mass is 9.93. The second-order valence-electron chi connectivity index (χ2n) is 4.95. The first-order valence-electron chi connectivity index (χ1n) is 6.59. The summed E-state index contributed by atoms with van der Waals surface area (Å²) >= 11 is 0. The lowest BCUT2D eigenvalue weighted by molar-refractivity contribution is -0.148. The van der Waals surface area contributed by atoms with Gasteiger partial charge in [0.15, 0.2) is 5.78 Å². The van der Waals surface area contributed by atoms with E-state index in [0.29, 0.717) is 16.7 Å². The van der Waals surface area contributed by atoms with Crippen molar-refractivity contribution in [1.82, 2.24) is 0 Å². The fourth-order valence-electron chi connectivity index (χ4n) is 2.12. The highest BCUT2D eigenvalue weighted by atomic mass is 32.2. The van der Waals surface area contributed by atoms with Gasteiger partial charge in [-0.3, -0.25) is 14.4 Å². The van der Waals surface area contributed by atoms with E-state index in [9.17, 15) is 22.8 Å². The number of ether oxygens (including phenoxy) is 1. The Kier molecular flexibility index (Phi) is 6.42. The predicted molar refractivity (Wildman–Crippen MR) is 80.3 cm³/mol. The number of hydrogen-bond donors (Lipinski definition) is 1. The maximum Gasteiger partial charge on any atom is 0.316 e. The van der Waals surface area contributed by atoms with Gasteiger partial charge in [0.1, 0.15) is 22.4 Å². The van der Waals surface area contributed by atoms with E-state index in [1.165, 1.54) is 13.0 Å². The molecule has 0 spiro atoms. The number of aryl methyl sites for hydroxylation is 1. The molecule has 0 bridgehead atoms. The predicted octanol–water partition coefficient (Wildman–Crippen LogP) is 1.06. The molecule has 120 valence electrons. The SMILES string of the molecule is COC(=O)C(CC(=O)c1ccc(C[SH](=O)=O)cc1C)C(C)=O. The quantitative estimate of drug-likeness (QED) is 0.348. The molecular formula is C15H18O6S. The smallest absolute Gasteiger partial charge is 0.316 e. The number of thiol groups is 1. The van der Waals surface area contributed by atoms with Crippen LogP contribution in [-0.4, -0.2) is 33.1 Å². The molecule has 6 nitrogen and oxygen atoms in total. The van der Waals surface area contributed by atoms with Crippen LogP contribution in [-0.2, 0) is 30.8 Å². The Morgan fingerprint density at radius 2 is 1.86 bits per heavy atom. The first-order chi connectivity index (χ1) is 10.3. The van der Waals surface area contributed by atoms with E-state index in [-0.39, 0.29) is 18.0 Å². The van der Waals surface area contributed by atoms with Crippen LogP contribution in [0.1, 0.15) is 34.8 Å². The Balaban J connectivity index is 2.98. The summed E-state index contributed by atoms with van der Waals surface area (Å²) in [5.74, 6) is -2.74. The number of carbonyl (C=O) groups is 3. The first kappa shape index (κ1) is 18.0. The van der Waals surface area contributed by atoms with Gasteiger partial charge in [-0.1, -0.05) is 18.2 Å². The van der Waals surface area contributed by atoms with Crippen LogP contribution in [0, 0.1) is 12.8 Å². The van der Waals surface area contributed by atoms with E-state index in [4.69, 9.17) is 0 Å². The van der Waals surface area contributed by atoms with Gasteiger partial charge in [-0.25, -0.2) is 8.42 Å². The Labute approximate surface area is 130 Å². The minimum Gasteiger partial charge on any atom is -0.468 e. The molecule has 0 aromatic heterocycles. The molecule has 0 radical (unpaired) electrons. The highest BCUT2D eigenvalue weighted by Crippen LogP contribution is 2.18. The van der Waals surface area contributed by atoms with Gasteiger partial charge < -0.3 is 4.74 Å². The fraction of sp³-hybridized carbons (Fsp3) is 0.400. The van der Waals surface area contributed by atoms with Crippen molar-refractivity contribution >= 4 is 28.2 Å². The maximum absolute atomic E-state index is 12.3. The number of ketones is 2. The summed E-state index contributed by atoms with van der Waals surface area (Å²) in [6.07, 6.45) is -0.266. The number of methoxy groups -OCH3 is 1. The zero-order valence-corrected chi connectivity index (χ0v) is 13.5. The van der Waals surface area contributed by atoms with Crippen molar-refractivity contribution in [3.05, 3.63) is 34.9 Å². The number of carbonyl (C=O) groups excluding carboxylic acids is 3. The standard InChI is InChI=1S/C15H18O6S/c1-9-6-11(8-22(19)20)4-5-12(9)14(17)7-13(10(2)16)15(18)21-3/h4-6,13,22H,7-8H2,1-3H3. The second kappa shape index (κ2) is 7.84. The highest BCUT2D eigenvalue weighted by molar-refractivity contribution is 7.71. The largest absolute Gasteiger partial charge is 0.468 e. The number of rotatable bonds is 7. The molecule has 0 aliphatic rings. The minimum absolute atomic E-state index is 0.0944. The number of hydrogen-bond acceptors (Lipinski definition) is 6. The molecule has 0 aliphatic heterocycles. The Morgan fingerprint density at radius 3 is 2.32 bits per heavy atom. The van der Waals surface area contributed by atoms with Gasteiger partial charge in [-0.15, -0.1) is 0 Å². The van der Waals surface area contributed by atoms with Crippen molar-refractivity contribution in [3.8, 4) is 0 Å². The first-order valence-corrected chi connectivity index (χ1v) is 7.95. The van der Waals surface area contributed by atoms with E-state index in [1.54, 1.807) is 19.1 Å². The summed E-state index contributed by atoms with van der Waals surface area (Å²) in [7, 11) is -1.38. The van der Waals surface area contributed by atoms with Gasteiger partial charge in [-0.2, -0.15) is 0 Å². The highest BCUT2D eigenvalue weighted by Gasteiger charge is 2.28. The molecule has 1 rings (SSSR count). The summed E-state index contributed by atoms with van der Waals surface area (Å²) in [6, 6.07) is 4.67. The molecule has 1 unspecified atom stereocenters. The van der Waals surface area contributed by atoms with Gasteiger partial charge in [-0.05, 0) is 25.0 Å². The average Bonchev–Trinajstić information content (AvgIpc) is 2.42. The van der Waals surface area contributed by atoms with Crippen LogP contribution < -0.4 is 0 Å². The fourth-order valence-corrected chi connectivity index (χ4v) is 2.61. The van der Waals surface area contributed by atoms with Crippen LogP contribution in [0.4, 0.5) is 0 Å². The molecule has 0 fully saturated rings. The molecule has 0 heterocycles. The van der Waals surface area contributed by atoms with Crippen molar-refractivity contribution in [2.45, 2.75) is 26.0 Å². The second-order valence-corrected chi connectivity index (χ2v) is 5.94. The van der Waals surface area contributed by atoms with E-state index in [2.05, 4.69) is 4.74 Å². The van der Waals surface area contributed by atoms with Gasteiger partial charge in [0.2, 0.25) is 0 Å². The summed E-state index contributed by atoms with van der Waals surface area (Å²) in [5, 5.41) is 0. The number of Topliss-reactive ketones (excluding diaryl/α,β-unsaturated/α-hetero) is 2. The lowest BCUT2D eigenvalue weighted by Gasteiger charge is -2.12. The Morgan fingerprint density at radius 1 is 1.23 bits per heavy atom. The summed E-state index contributed by atoms with van der Waals surface area (Å²) < 4.78 is 25.9. The Hall–Kier alpha value is -2.02. The maximum atomic E-state index is 12.3. The summed E-state index contributed by atoms with van der Waals surface area (Å²) in [5.41, 5.74) is 1.55. The number of benzene rings is 1. The van der Waals surface area contributed by atoms with Crippen molar-refractivity contribution in [1.29, 1.82) is 0 Å². The van der Waals surface area contributed by atoms with Crippen LogP contribution >= 0.6 is 0 Å². The van der Waals surface area contributed by atoms with Crippen LogP contribution in [0.5, 0.6) is 0 Å². The molecule has 0 aliphatic carbocycles. The van der Waals surface area contributed by atoms with Crippen molar-refractivity contribution in [2.75, 3.05) is 7.11 Å². The van der Waals surface area contributed by atoms with E-state index < -0.39 is 28.4 Å². The third-order valence-electron chi connectivity index (χ3n) is 3.27. The molecule has 0 N–H and O–H groups in total. The lowest BCUT2D eigenvalue weighted by Crippen LogP contribution is -2.26. The van der Waals surface area contributed by atoms with Gasteiger partial charge >= 0.3 is 5.97 Å². The summed E-state index contributed by atoms with van der Waals surface area (Å²) in [4.78, 5) is 35.2. The molecule has 7 heteroatoms. The van der Waals surface area contributed by atoms with Crippen LogP contribution in [0.15, 0.2) is 18.2 Å².